The zero-order chi connectivity index (χ0) is 14.0. The van der Waals surface area contributed by atoms with Crippen LogP contribution in [0.5, 0.6) is 0 Å². The monoisotopic (exact) mass is 292 g/mol. The first kappa shape index (κ1) is 14.2. The van der Waals surface area contributed by atoms with Crippen molar-refractivity contribution in [1.29, 1.82) is 0 Å². The molecular formula is C17H25ClN2. The van der Waals surface area contributed by atoms with E-state index < -0.39 is 0 Å². The predicted octanol–water partition coefficient (Wildman–Crippen LogP) is 4.10. The summed E-state index contributed by atoms with van der Waals surface area (Å²) in [5, 5.41) is 0.907. The Labute approximate surface area is 127 Å². The van der Waals surface area contributed by atoms with Gasteiger partial charge in [-0.1, -0.05) is 30.5 Å². The van der Waals surface area contributed by atoms with Gasteiger partial charge < -0.3 is 10.6 Å². The quantitative estimate of drug-likeness (QED) is 0.909. The number of hydrogen-bond acceptors (Lipinski definition) is 2. The molecule has 1 saturated carbocycles. The van der Waals surface area contributed by atoms with Crippen molar-refractivity contribution in [2.75, 3.05) is 24.5 Å². The predicted molar refractivity (Wildman–Crippen MR) is 86.7 cm³/mol. The zero-order valence-electron chi connectivity index (χ0n) is 12.2. The fraction of sp³-hybridized carbons (Fsp3) is 0.647. The van der Waals surface area contributed by atoms with E-state index in [2.05, 4.69) is 23.1 Å². The number of nitrogens with zero attached hydrogens (tertiary/aromatic N) is 1. The maximum Gasteiger partial charge on any atom is 0.0642 e. The van der Waals surface area contributed by atoms with Crippen LogP contribution in [0.4, 0.5) is 5.69 Å². The first-order chi connectivity index (χ1) is 9.75. The summed E-state index contributed by atoms with van der Waals surface area (Å²) in [4.78, 5) is 2.43. The fourth-order valence-electron chi connectivity index (χ4n) is 3.89. The van der Waals surface area contributed by atoms with Crippen LogP contribution in [-0.4, -0.2) is 19.6 Å². The van der Waals surface area contributed by atoms with Crippen molar-refractivity contribution in [2.24, 2.45) is 5.73 Å². The molecule has 2 nitrogen and oxygen atoms in total. The van der Waals surface area contributed by atoms with Gasteiger partial charge in [-0.05, 0) is 49.8 Å². The molecule has 20 heavy (non-hydrogen) atoms. The molecule has 0 spiro atoms. The van der Waals surface area contributed by atoms with Crippen LogP contribution >= 0.6 is 11.6 Å². The number of benzene rings is 1. The fourth-order valence-corrected chi connectivity index (χ4v) is 4.19. The average molecular weight is 293 g/mol. The van der Waals surface area contributed by atoms with E-state index in [1.807, 2.05) is 0 Å². The first-order valence-electron chi connectivity index (χ1n) is 8.00. The van der Waals surface area contributed by atoms with Gasteiger partial charge in [0.25, 0.3) is 0 Å². The number of halogens is 1. The SMILES string of the molecule is NCC1(c2ccc(N3CCCCC3)c(Cl)c2)CCCC1. The molecule has 1 saturated heterocycles. The topological polar surface area (TPSA) is 29.3 Å². The molecule has 1 heterocycles. The molecule has 3 heteroatoms. The zero-order valence-corrected chi connectivity index (χ0v) is 13.0. The lowest BCUT2D eigenvalue weighted by Crippen LogP contribution is -2.32. The van der Waals surface area contributed by atoms with Crippen LogP contribution in [0.2, 0.25) is 5.02 Å². The molecule has 0 bridgehead atoms. The molecule has 1 aromatic rings. The number of piperidine rings is 1. The Bertz CT molecular complexity index is 460. The Balaban J connectivity index is 1.86. The smallest absolute Gasteiger partial charge is 0.0642 e. The van der Waals surface area contributed by atoms with Gasteiger partial charge >= 0.3 is 0 Å². The molecule has 0 aromatic heterocycles. The summed E-state index contributed by atoms with van der Waals surface area (Å²) in [7, 11) is 0. The van der Waals surface area contributed by atoms with E-state index in [4.69, 9.17) is 17.3 Å². The summed E-state index contributed by atoms with van der Waals surface area (Å²) in [6.45, 7) is 3.02. The molecule has 2 aliphatic rings. The Morgan fingerprint density at radius 2 is 1.75 bits per heavy atom. The van der Waals surface area contributed by atoms with Crippen LogP contribution < -0.4 is 10.6 Å². The molecule has 1 aliphatic heterocycles. The van der Waals surface area contributed by atoms with Crippen LogP contribution in [-0.2, 0) is 5.41 Å². The van der Waals surface area contributed by atoms with Gasteiger partial charge in [-0.15, -0.1) is 0 Å². The van der Waals surface area contributed by atoms with E-state index in [-0.39, 0.29) is 5.41 Å². The highest BCUT2D eigenvalue weighted by molar-refractivity contribution is 6.33. The number of hydrogen-bond donors (Lipinski definition) is 1. The summed E-state index contributed by atoms with van der Waals surface area (Å²) in [6.07, 6.45) is 8.93. The van der Waals surface area contributed by atoms with Gasteiger partial charge in [-0.2, -0.15) is 0 Å². The van der Waals surface area contributed by atoms with Gasteiger partial charge in [0.2, 0.25) is 0 Å². The van der Waals surface area contributed by atoms with Crippen molar-refractivity contribution < 1.29 is 0 Å². The van der Waals surface area contributed by atoms with E-state index in [1.54, 1.807) is 0 Å². The molecule has 2 N–H and O–H groups in total. The van der Waals surface area contributed by atoms with Crippen molar-refractivity contribution in [3.05, 3.63) is 28.8 Å². The molecule has 1 aliphatic carbocycles. The maximum atomic E-state index is 6.58. The van der Waals surface area contributed by atoms with Crippen LogP contribution in [0.1, 0.15) is 50.5 Å². The minimum atomic E-state index is 0.185. The molecule has 110 valence electrons. The van der Waals surface area contributed by atoms with Gasteiger partial charge in [-0.3, -0.25) is 0 Å². The summed E-state index contributed by atoms with van der Waals surface area (Å²) >= 11 is 6.58. The third kappa shape index (κ3) is 2.56. The highest BCUT2D eigenvalue weighted by Crippen LogP contribution is 2.42. The largest absolute Gasteiger partial charge is 0.370 e. The van der Waals surface area contributed by atoms with E-state index in [1.165, 1.54) is 56.2 Å². The molecule has 1 aromatic carbocycles. The molecule has 3 rings (SSSR count). The first-order valence-corrected chi connectivity index (χ1v) is 8.38. The van der Waals surface area contributed by atoms with Crippen LogP contribution in [0.25, 0.3) is 0 Å². The molecular weight excluding hydrogens is 268 g/mol. The lowest BCUT2D eigenvalue weighted by Gasteiger charge is -2.32. The van der Waals surface area contributed by atoms with Crippen molar-refractivity contribution in [3.63, 3.8) is 0 Å². The number of nitrogens with two attached hydrogens (primary N) is 1. The van der Waals surface area contributed by atoms with Crippen molar-refractivity contribution >= 4 is 17.3 Å². The second-order valence-electron chi connectivity index (χ2n) is 6.41. The Morgan fingerprint density at radius 3 is 2.35 bits per heavy atom. The molecule has 0 atom stereocenters. The van der Waals surface area contributed by atoms with Crippen LogP contribution in [0, 0.1) is 0 Å². The number of rotatable bonds is 3. The standard InChI is InChI=1S/C17H25ClN2/c18-15-12-14(17(13-19)8-2-3-9-17)6-7-16(15)20-10-4-1-5-11-20/h6-7,12H,1-5,8-11,13,19H2. The molecule has 0 amide bonds. The Morgan fingerprint density at radius 1 is 1.05 bits per heavy atom. The van der Waals surface area contributed by atoms with E-state index in [0.717, 1.165) is 24.7 Å². The summed E-state index contributed by atoms with van der Waals surface area (Å²) in [5.74, 6) is 0. The van der Waals surface area contributed by atoms with Gasteiger partial charge in [0.15, 0.2) is 0 Å². The minimum absolute atomic E-state index is 0.185. The third-order valence-electron chi connectivity index (χ3n) is 5.21. The lowest BCUT2D eigenvalue weighted by atomic mass is 9.79. The second kappa shape index (κ2) is 5.95. The second-order valence-corrected chi connectivity index (χ2v) is 6.81. The van der Waals surface area contributed by atoms with Crippen LogP contribution in [0.15, 0.2) is 18.2 Å². The van der Waals surface area contributed by atoms with E-state index in [9.17, 15) is 0 Å². The minimum Gasteiger partial charge on any atom is -0.370 e. The Hall–Kier alpha value is -0.730. The average Bonchev–Trinajstić information content (AvgIpc) is 2.98. The van der Waals surface area contributed by atoms with E-state index >= 15 is 0 Å². The van der Waals surface area contributed by atoms with Gasteiger partial charge in [-0.25, -0.2) is 0 Å². The maximum absolute atomic E-state index is 6.58. The van der Waals surface area contributed by atoms with Gasteiger partial charge in [0, 0.05) is 25.0 Å². The number of anilines is 1. The van der Waals surface area contributed by atoms with Gasteiger partial charge in [0.1, 0.15) is 0 Å². The highest BCUT2D eigenvalue weighted by Gasteiger charge is 2.34. The van der Waals surface area contributed by atoms with E-state index in [0.29, 0.717) is 0 Å². The highest BCUT2D eigenvalue weighted by atomic mass is 35.5. The summed E-state index contributed by atoms with van der Waals surface area (Å²) < 4.78 is 0. The van der Waals surface area contributed by atoms with Gasteiger partial charge in [0.05, 0.1) is 10.7 Å². The van der Waals surface area contributed by atoms with Crippen molar-refractivity contribution in [3.8, 4) is 0 Å². The van der Waals surface area contributed by atoms with Crippen LogP contribution in [0.3, 0.4) is 0 Å². The normalized spacial score (nSPS) is 22.2. The van der Waals surface area contributed by atoms with Crippen molar-refractivity contribution in [2.45, 2.75) is 50.4 Å². The lowest BCUT2D eigenvalue weighted by molar-refractivity contribution is 0.453. The molecule has 2 fully saturated rings. The molecule has 0 radical (unpaired) electrons. The summed E-state index contributed by atoms with van der Waals surface area (Å²) in [5.41, 5.74) is 8.82. The molecule has 0 unspecified atom stereocenters. The third-order valence-corrected chi connectivity index (χ3v) is 5.51. The van der Waals surface area contributed by atoms with Crippen molar-refractivity contribution in [1.82, 2.24) is 0 Å². The summed E-state index contributed by atoms with van der Waals surface area (Å²) in [6, 6.07) is 6.68. The Kier molecular flexibility index (Phi) is 4.23.